The molecule has 0 radical (unpaired) electrons. The summed E-state index contributed by atoms with van der Waals surface area (Å²) in [7, 11) is 1.49. The number of aromatic nitrogens is 1. The van der Waals surface area contributed by atoms with Gasteiger partial charge in [-0.15, -0.1) is 0 Å². The third kappa shape index (κ3) is 2.79. The molecule has 0 saturated carbocycles. The molecule has 1 unspecified atom stereocenters. The number of halogens is 4. The summed E-state index contributed by atoms with van der Waals surface area (Å²) in [5.41, 5.74) is -3.17. The number of nitrogens with zero attached hydrogens (tertiary/aromatic N) is 1. The van der Waals surface area contributed by atoms with Crippen LogP contribution in [0, 0.1) is 0 Å². The van der Waals surface area contributed by atoms with E-state index in [1.54, 1.807) is 13.8 Å². The third-order valence-electron chi connectivity index (χ3n) is 4.55. The first kappa shape index (κ1) is 18.8. The molecule has 0 fully saturated rings. The third-order valence-corrected chi connectivity index (χ3v) is 4.78. The van der Waals surface area contributed by atoms with Crippen molar-refractivity contribution in [2.24, 2.45) is 7.05 Å². The van der Waals surface area contributed by atoms with E-state index in [1.807, 2.05) is 0 Å². The molecule has 1 aromatic carbocycles. The van der Waals surface area contributed by atoms with Crippen molar-refractivity contribution in [1.29, 1.82) is 0 Å². The molecule has 2 aromatic rings. The Bertz CT molecular complexity index is 908. The van der Waals surface area contributed by atoms with Crippen LogP contribution in [0.1, 0.15) is 25.0 Å². The second kappa shape index (κ2) is 6.32. The first-order valence-corrected chi connectivity index (χ1v) is 8.41. The number of hydrogen-bond acceptors (Lipinski definition) is 3. The summed E-state index contributed by atoms with van der Waals surface area (Å²) in [6, 6.07) is 5.52. The van der Waals surface area contributed by atoms with Crippen LogP contribution in [0.5, 0.6) is 0 Å². The summed E-state index contributed by atoms with van der Waals surface area (Å²) >= 11 is 6.00. The number of fused-ring (bicyclic) bond motifs is 2. The van der Waals surface area contributed by atoms with Gasteiger partial charge in [0.25, 0.3) is 5.56 Å². The fraction of sp³-hybridized carbons (Fsp3) is 0.389. The smallest absolute Gasteiger partial charge is 0.377 e. The molecule has 1 aliphatic heterocycles. The topological polar surface area (TPSA) is 43.3 Å². The average Bonchev–Trinajstić information content (AvgIpc) is 2.54. The van der Waals surface area contributed by atoms with Gasteiger partial charge in [-0.2, -0.15) is 13.2 Å². The molecule has 26 heavy (non-hydrogen) atoms. The highest BCUT2D eigenvalue weighted by atomic mass is 35.5. The van der Waals surface area contributed by atoms with E-state index in [0.717, 1.165) is 0 Å². The molecule has 1 atom stereocenters. The van der Waals surface area contributed by atoms with E-state index in [2.05, 4.69) is 5.32 Å². The van der Waals surface area contributed by atoms with Crippen LogP contribution in [0.2, 0.25) is 5.02 Å². The van der Waals surface area contributed by atoms with Gasteiger partial charge in [-0.05, 0) is 43.7 Å². The number of alkyl halides is 3. The Labute approximate surface area is 153 Å². The van der Waals surface area contributed by atoms with Gasteiger partial charge in [-0.3, -0.25) is 4.79 Å². The zero-order valence-corrected chi connectivity index (χ0v) is 15.2. The van der Waals surface area contributed by atoms with Crippen LogP contribution in [0.4, 0.5) is 24.5 Å². The fourth-order valence-electron chi connectivity index (χ4n) is 3.20. The van der Waals surface area contributed by atoms with Crippen LogP contribution in [0.3, 0.4) is 0 Å². The summed E-state index contributed by atoms with van der Waals surface area (Å²) in [5.74, 6) is 0. The summed E-state index contributed by atoms with van der Waals surface area (Å²) in [4.78, 5) is 12.5. The van der Waals surface area contributed by atoms with Crippen LogP contribution in [-0.4, -0.2) is 23.5 Å². The summed E-state index contributed by atoms with van der Waals surface area (Å²) in [6.45, 7) is 2.67. The Balaban J connectivity index is 2.39. The van der Waals surface area contributed by atoms with E-state index in [1.165, 1.54) is 42.1 Å². The van der Waals surface area contributed by atoms with E-state index in [-0.39, 0.29) is 27.5 Å². The maximum absolute atomic E-state index is 14.5. The van der Waals surface area contributed by atoms with Gasteiger partial charge in [0.1, 0.15) is 11.1 Å². The number of rotatable bonds is 3. The van der Waals surface area contributed by atoms with Crippen molar-refractivity contribution in [3.8, 4) is 0 Å². The van der Waals surface area contributed by atoms with Gasteiger partial charge in [0.05, 0.1) is 12.7 Å². The summed E-state index contributed by atoms with van der Waals surface area (Å²) in [6.07, 6.45) is -3.79. The zero-order chi connectivity index (χ0) is 19.3. The molecule has 3 rings (SSSR count). The molecular formula is C18H18ClF3N2O2. The van der Waals surface area contributed by atoms with E-state index >= 15 is 0 Å². The Morgan fingerprint density at radius 3 is 2.58 bits per heavy atom. The largest absolute Gasteiger partial charge is 0.404 e. The van der Waals surface area contributed by atoms with Gasteiger partial charge in [-0.1, -0.05) is 11.6 Å². The molecule has 1 aliphatic rings. The quantitative estimate of drug-likeness (QED) is 0.851. The highest BCUT2D eigenvalue weighted by Gasteiger charge is 2.61. The van der Waals surface area contributed by atoms with Gasteiger partial charge in [0.2, 0.25) is 0 Å². The maximum atomic E-state index is 14.5. The maximum Gasteiger partial charge on any atom is 0.404 e. The minimum atomic E-state index is -4.70. The minimum absolute atomic E-state index is 0.0566. The van der Waals surface area contributed by atoms with Crippen LogP contribution >= 0.6 is 11.6 Å². The Kier molecular flexibility index (Phi) is 4.56. The second-order valence-corrected chi connectivity index (χ2v) is 7.03. The van der Waals surface area contributed by atoms with Crippen molar-refractivity contribution in [3.63, 3.8) is 0 Å². The zero-order valence-electron chi connectivity index (χ0n) is 14.4. The highest BCUT2D eigenvalue weighted by Crippen LogP contribution is 2.54. The lowest BCUT2D eigenvalue weighted by Crippen LogP contribution is -2.51. The number of benzene rings is 1. The lowest BCUT2D eigenvalue weighted by Gasteiger charge is -2.42. The monoisotopic (exact) mass is 386 g/mol. The van der Waals surface area contributed by atoms with Gasteiger partial charge in [0, 0.05) is 29.5 Å². The van der Waals surface area contributed by atoms with Crippen LogP contribution in [-0.2, 0) is 17.2 Å². The molecule has 0 spiro atoms. The minimum Gasteiger partial charge on any atom is -0.377 e. The molecule has 0 bridgehead atoms. The number of hydrogen-bond donors (Lipinski definition) is 1. The predicted molar refractivity (Wildman–Crippen MR) is 94.3 cm³/mol. The lowest BCUT2D eigenvalue weighted by molar-refractivity contribution is -0.195. The van der Waals surface area contributed by atoms with Crippen molar-refractivity contribution >= 4 is 23.0 Å². The van der Waals surface area contributed by atoms with Crippen molar-refractivity contribution in [2.45, 2.75) is 31.5 Å². The molecular weight excluding hydrogens is 369 g/mol. The van der Waals surface area contributed by atoms with E-state index < -0.39 is 29.9 Å². The molecule has 0 amide bonds. The molecule has 8 heteroatoms. The SMILES string of the molecule is CC(C)OCC1(C(F)(F)F)c2cc(Cl)ccc2Nc2c1ccn(C)c2=O. The second-order valence-electron chi connectivity index (χ2n) is 6.60. The Morgan fingerprint density at radius 1 is 1.27 bits per heavy atom. The predicted octanol–water partition coefficient (Wildman–Crippen LogP) is 4.37. The van der Waals surface area contributed by atoms with Crippen molar-refractivity contribution in [3.05, 3.63) is 57.0 Å². The number of anilines is 2. The molecule has 1 N–H and O–H groups in total. The number of nitrogens with one attached hydrogen (secondary N) is 1. The summed E-state index contributed by atoms with van der Waals surface area (Å²) in [5, 5.41) is 3.02. The molecule has 2 heterocycles. The van der Waals surface area contributed by atoms with Gasteiger partial charge in [-0.25, -0.2) is 0 Å². The van der Waals surface area contributed by atoms with E-state index in [4.69, 9.17) is 16.3 Å². The van der Waals surface area contributed by atoms with Gasteiger partial charge in [0.15, 0.2) is 0 Å². The van der Waals surface area contributed by atoms with Crippen LogP contribution in [0.15, 0.2) is 35.3 Å². The highest BCUT2D eigenvalue weighted by molar-refractivity contribution is 6.30. The normalized spacial score (nSPS) is 19.1. The molecule has 140 valence electrons. The molecule has 0 aliphatic carbocycles. The average molecular weight is 387 g/mol. The number of pyridine rings is 1. The molecule has 4 nitrogen and oxygen atoms in total. The van der Waals surface area contributed by atoms with Crippen LogP contribution in [0.25, 0.3) is 0 Å². The first-order valence-electron chi connectivity index (χ1n) is 8.03. The fourth-order valence-corrected chi connectivity index (χ4v) is 3.37. The number of ether oxygens (including phenoxy) is 1. The molecule has 1 aromatic heterocycles. The van der Waals surface area contributed by atoms with Crippen molar-refractivity contribution < 1.29 is 17.9 Å². The van der Waals surface area contributed by atoms with Gasteiger partial charge < -0.3 is 14.6 Å². The summed E-state index contributed by atoms with van der Waals surface area (Å²) < 4.78 is 50.2. The standard InChI is InChI=1S/C18H18ClF3N2O2/c1-10(2)26-9-17(18(20,21)22)12-6-7-24(3)16(25)15(12)23-14-5-4-11(19)8-13(14)17/h4-8,10,23H,9H2,1-3H3. The van der Waals surface area contributed by atoms with E-state index in [9.17, 15) is 18.0 Å². The van der Waals surface area contributed by atoms with E-state index in [0.29, 0.717) is 0 Å². The number of aryl methyl sites for hydroxylation is 1. The van der Waals surface area contributed by atoms with Crippen molar-refractivity contribution in [2.75, 3.05) is 11.9 Å². The molecule has 0 saturated heterocycles. The Hall–Kier alpha value is -1.99. The van der Waals surface area contributed by atoms with Gasteiger partial charge >= 0.3 is 6.18 Å². The Morgan fingerprint density at radius 2 is 1.96 bits per heavy atom. The first-order chi connectivity index (χ1) is 12.1. The van der Waals surface area contributed by atoms with Crippen LogP contribution < -0.4 is 10.9 Å². The van der Waals surface area contributed by atoms with Crippen molar-refractivity contribution in [1.82, 2.24) is 4.57 Å². The lowest BCUT2D eigenvalue weighted by atomic mass is 9.71.